The van der Waals surface area contributed by atoms with Crippen LogP contribution in [-0.2, 0) is 33.2 Å². The Bertz CT molecular complexity index is 409. The van der Waals surface area contributed by atoms with Crippen LogP contribution in [0.15, 0.2) is 12.4 Å². The molecule has 0 spiro atoms. The van der Waals surface area contributed by atoms with Crippen LogP contribution < -0.4 is 0 Å². The van der Waals surface area contributed by atoms with E-state index in [0.29, 0.717) is 59.4 Å². The van der Waals surface area contributed by atoms with Gasteiger partial charge >= 0.3 is 5.97 Å². The summed E-state index contributed by atoms with van der Waals surface area (Å²) >= 11 is 0. The van der Waals surface area contributed by atoms with Gasteiger partial charge in [0.1, 0.15) is 0 Å². The lowest BCUT2D eigenvalue weighted by Crippen LogP contribution is -2.43. The normalized spacial score (nSPS) is 16.3. The number of carbonyl (C=O) groups excluding carboxylic acids is 1. The Kier molecular flexibility index (Phi) is 13.7. The maximum atomic E-state index is 12.1. The van der Waals surface area contributed by atoms with Gasteiger partial charge in [-0.05, 0) is 6.92 Å². The second-order valence-corrected chi connectivity index (χ2v) is 5.76. The zero-order valence-electron chi connectivity index (χ0n) is 16.8. The highest BCUT2D eigenvalue weighted by Gasteiger charge is 2.28. The molecule has 0 N–H and O–H groups in total. The summed E-state index contributed by atoms with van der Waals surface area (Å²) in [6.07, 6.45) is 3.61. The lowest BCUT2D eigenvalue weighted by atomic mass is 10.4. The van der Waals surface area contributed by atoms with Crippen LogP contribution in [0.4, 0.5) is 0 Å². The van der Waals surface area contributed by atoms with E-state index < -0.39 is 6.35 Å². The van der Waals surface area contributed by atoms with E-state index in [9.17, 15) is 4.79 Å². The molecule has 0 bridgehead atoms. The van der Waals surface area contributed by atoms with E-state index in [1.807, 2.05) is 29.1 Å². The molecule has 0 amide bonds. The summed E-state index contributed by atoms with van der Waals surface area (Å²) in [6, 6.07) is 0. The first-order chi connectivity index (χ1) is 13.2. The van der Waals surface area contributed by atoms with Crippen LogP contribution in [0.25, 0.3) is 0 Å². The van der Waals surface area contributed by atoms with Crippen molar-refractivity contribution in [1.82, 2.24) is 9.80 Å². The van der Waals surface area contributed by atoms with Crippen molar-refractivity contribution < 1.29 is 33.2 Å². The molecule has 158 valence electrons. The minimum absolute atomic E-state index is 0.201. The van der Waals surface area contributed by atoms with Crippen molar-refractivity contribution in [3.63, 3.8) is 0 Å². The van der Waals surface area contributed by atoms with E-state index in [1.54, 1.807) is 14.2 Å². The summed E-state index contributed by atoms with van der Waals surface area (Å²) in [7, 11) is 3.28. The number of hydrogen-bond donors (Lipinski definition) is 0. The quantitative estimate of drug-likeness (QED) is 0.263. The molecule has 0 saturated carbocycles. The van der Waals surface area contributed by atoms with Crippen molar-refractivity contribution in [2.24, 2.45) is 0 Å². The van der Waals surface area contributed by atoms with Crippen molar-refractivity contribution in [2.45, 2.75) is 19.7 Å². The van der Waals surface area contributed by atoms with Gasteiger partial charge in [-0.1, -0.05) is 0 Å². The highest BCUT2D eigenvalue weighted by molar-refractivity contribution is 5.69. The van der Waals surface area contributed by atoms with E-state index in [2.05, 4.69) is 0 Å². The van der Waals surface area contributed by atoms with Crippen LogP contribution >= 0.6 is 0 Å². The Balaban J connectivity index is 2.06. The fourth-order valence-electron chi connectivity index (χ4n) is 2.30. The average molecular weight is 390 g/mol. The predicted octanol–water partition coefficient (Wildman–Crippen LogP) is 0.655. The summed E-state index contributed by atoms with van der Waals surface area (Å²) in [5.74, 6) is -0.294. The van der Waals surface area contributed by atoms with Gasteiger partial charge in [0, 0.05) is 39.7 Å². The number of nitrogens with zero attached hydrogens (tertiary/aromatic N) is 2. The molecule has 1 atom stereocenters. The predicted molar refractivity (Wildman–Crippen MR) is 98.9 cm³/mol. The highest BCUT2D eigenvalue weighted by atomic mass is 16.6. The summed E-state index contributed by atoms with van der Waals surface area (Å²) < 4.78 is 31.6. The van der Waals surface area contributed by atoms with Crippen LogP contribution in [0.1, 0.15) is 13.3 Å². The number of rotatable bonds is 17. The topological polar surface area (TPSA) is 78.9 Å². The zero-order chi connectivity index (χ0) is 19.7. The molecule has 9 nitrogen and oxygen atoms in total. The van der Waals surface area contributed by atoms with Gasteiger partial charge in [0.15, 0.2) is 0 Å². The zero-order valence-corrected chi connectivity index (χ0v) is 16.8. The van der Waals surface area contributed by atoms with Gasteiger partial charge in [0.05, 0.1) is 59.3 Å². The van der Waals surface area contributed by atoms with E-state index in [0.717, 1.165) is 6.54 Å². The Morgan fingerprint density at radius 2 is 1.37 bits per heavy atom. The number of methoxy groups -OCH3 is 2. The molecule has 0 aromatic carbocycles. The lowest BCUT2D eigenvalue weighted by molar-refractivity contribution is -0.170. The molecule has 0 saturated heterocycles. The van der Waals surface area contributed by atoms with E-state index >= 15 is 0 Å². The van der Waals surface area contributed by atoms with Crippen molar-refractivity contribution in [3.05, 3.63) is 12.4 Å². The third kappa shape index (κ3) is 10.5. The van der Waals surface area contributed by atoms with Crippen LogP contribution in [0, 0.1) is 0 Å². The minimum Gasteiger partial charge on any atom is -0.422 e. The average Bonchev–Trinajstić information content (AvgIpc) is 3.05. The standard InChI is InChI=1S/C18H34N2O7/c1-4-19-6-7-20(8-10-22-2)18(19)27-17(21)5-9-24-13-14-26-16-15-25-12-11-23-3/h6-7,18H,4-5,8-16H2,1-3H3. The molecule has 0 aliphatic carbocycles. The molecular weight excluding hydrogens is 356 g/mol. The second kappa shape index (κ2) is 15.6. The Labute approximate surface area is 162 Å². The van der Waals surface area contributed by atoms with Crippen molar-refractivity contribution >= 4 is 5.97 Å². The van der Waals surface area contributed by atoms with Crippen molar-refractivity contribution in [1.29, 1.82) is 0 Å². The molecule has 0 fully saturated rings. The summed E-state index contributed by atoms with van der Waals surface area (Å²) in [6.45, 7) is 7.35. The molecule has 1 rings (SSSR count). The van der Waals surface area contributed by atoms with Crippen LogP contribution in [-0.4, -0.2) is 102 Å². The maximum absolute atomic E-state index is 12.1. The van der Waals surface area contributed by atoms with Gasteiger partial charge in [0.2, 0.25) is 0 Å². The van der Waals surface area contributed by atoms with E-state index in [4.69, 9.17) is 28.4 Å². The first-order valence-electron chi connectivity index (χ1n) is 9.33. The van der Waals surface area contributed by atoms with E-state index in [1.165, 1.54) is 0 Å². The summed E-state index contributed by atoms with van der Waals surface area (Å²) in [5.41, 5.74) is 0. The highest BCUT2D eigenvalue weighted by Crippen LogP contribution is 2.17. The van der Waals surface area contributed by atoms with Gasteiger partial charge in [0.25, 0.3) is 6.35 Å². The molecule has 0 radical (unpaired) electrons. The van der Waals surface area contributed by atoms with Gasteiger partial charge in [-0.15, -0.1) is 0 Å². The van der Waals surface area contributed by atoms with Crippen LogP contribution in [0.5, 0.6) is 0 Å². The smallest absolute Gasteiger partial charge is 0.311 e. The fourth-order valence-corrected chi connectivity index (χ4v) is 2.30. The molecule has 0 aromatic rings. The first kappa shape index (κ1) is 23.6. The first-order valence-corrected chi connectivity index (χ1v) is 9.33. The summed E-state index contributed by atoms with van der Waals surface area (Å²) in [4.78, 5) is 16.0. The number of carbonyl (C=O) groups is 1. The third-order valence-corrected chi connectivity index (χ3v) is 3.80. The fraction of sp³-hybridized carbons (Fsp3) is 0.833. The Morgan fingerprint density at radius 3 is 1.96 bits per heavy atom. The minimum atomic E-state index is -0.418. The van der Waals surface area contributed by atoms with Gasteiger partial charge in [-0.25, -0.2) is 0 Å². The van der Waals surface area contributed by atoms with Gasteiger partial charge in [-0.2, -0.15) is 0 Å². The van der Waals surface area contributed by atoms with Crippen LogP contribution in [0.3, 0.4) is 0 Å². The largest absolute Gasteiger partial charge is 0.422 e. The molecule has 0 aromatic heterocycles. The van der Waals surface area contributed by atoms with Gasteiger partial charge < -0.3 is 38.2 Å². The third-order valence-electron chi connectivity index (χ3n) is 3.80. The molecule has 1 aliphatic heterocycles. The SMILES string of the molecule is CCN1C=CN(CCOC)C1OC(=O)CCOCCOCCOCCOC. The Morgan fingerprint density at radius 1 is 0.815 bits per heavy atom. The molecule has 1 aliphatic rings. The monoisotopic (exact) mass is 390 g/mol. The number of esters is 1. The molecule has 9 heteroatoms. The second-order valence-electron chi connectivity index (χ2n) is 5.76. The van der Waals surface area contributed by atoms with Crippen molar-refractivity contribution in [3.8, 4) is 0 Å². The van der Waals surface area contributed by atoms with Crippen molar-refractivity contribution in [2.75, 3.05) is 80.2 Å². The van der Waals surface area contributed by atoms with E-state index in [-0.39, 0.29) is 12.4 Å². The summed E-state index contributed by atoms with van der Waals surface area (Å²) in [5, 5.41) is 0. The molecule has 1 heterocycles. The Hall–Kier alpha value is -1.39. The maximum Gasteiger partial charge on any atom is 0.311 e. The number of ether oxygens (including phenoxy) is 6. The van der Waals surface area contributed by atoms with Gasteiger partial charge in [-0.3, -0.25) is 4.79 Å². The van der Waals surface area contributed by atoms with Crippen LogP contribution in [0.2, 0.25) is 0 Å². The number of hydrogen-bond acceptors (Lipinski definition) is 9. The molecule has 27 heavy (non-hydrogen) atoms. The lowest BCUT2D eigenvalue weighted by Gasteiger charge is -2.31. The molecule has 1 unspecified atom stereocenters. The molecular formula is C18H34N2O7.